The average Bonchev–Trinajstić information content (AvgIpc) is 2.55. The summed E-state index contributed by atoms with van der Waals surface area (Å²) < 4.78 is 18.4. The summed E-state index contributed by atoms with van der Waals surface area (Å²) in [4.78, 5) is 11.8. The second kappa shape index (κ2) is 9.06. The van der Waals surface area contributed by atoms with Crippen molar-refractivity contribution in [1.82, 2.24) is 5.32 Å². The van der Waals surface area contributed by atoms with E-state index in [0.717, 1.165) is 24.2 Å². The molecule has 2 aromatic rings. The quantitative estimate of drug-likeness (QED) is 0.746. The minimum absolute atomic E-state index is 0.0395. The summed E-state index contributed by atoms with van der Waals surface area (Å²) in [5, 5.41) is 2.90. The lowest BCUT2D eigenvalue weighted by Gasteiger charge is -2.10. The molecule has 2 rings (SSSR count). The summed E-state index contributed by atoms with van der Waals surface area (Å²) >= 11 is 0. The Labute approximate surface area is 142 Å². The summed E-state index contributed by atoms with van der Waals surface area (Å²) in [5.74, 6) is 0.549. The van der Waals surface area contributed by atoms with Gasteiger partial charge in [0.15, 0.2) is 0 Å². The van der Waals surface area contributed by atoms with Gasteiger partial charge in [-0.1, -0.05) is 24.3 Å². The van der Waals surface area contributed by atoms with Gasteiger partial charge >= 0.3 is 0 Å². The van der Waals surface area contributed by atoms with Gasteiger partial charge in [-0.3, -0.25) is 4.79 Å². The molecule has 0 unspecified atom stereocenters. The Balaban J connectivity index is 1.66. The normalized spacial score (nSPS) is 10.7. The van der Waals surface area contributed by atoms with Crippen molar-refractivity contribution >= 4 is 5.91 Å². The highest BCUT2D eigenvalue weighted by Crippen LogP contribution is 2.14. The number of amides is 1. The maximum absolute atomic E-state index is 12.8. The third-order valence-corrected chi connectivity index (χ3v) is 3.54. The minimum atomic E-state index is -0.288. The van der Waals surface area contributed by atoms with Crippen molar-refractivity contribution in [1.29, 1.82) is 0 Å². The van der Waals surface area contributed by atoms with Crippen molar-refractivity contribution in [2.24, 2.45) is 0 Å². The molecule has 0 aromatic heterocycles. The number of hydrogen-bond acceptors (Lipinski definition) is 2. The van der Waals surface area contributed by atoms with Crippen LogP contribution in [0.25, 0.3) is 0 Å². The van der Waals surface area contributed by atoms with Crippen LogP contribution in [-0.4, -0.2) is 18.6 Å². The first-order valence-electron chi connectivity index (χ1n) is 8.29. The molecule has 0 atom stereocenters. The Hall–Kier alpha value is -2.36. The van der Waals surface area contributed by atoms with E-state index in [2.05, 4.69) is 17.4 Å². The number of nitrogens with one attached hydrogen (secondary N) is 1. The third-order valence-electron chi connectivity index (χ3n) is 3.54. The first kappa shape index (κ1) is 18.0. The molecule has 0 heterocycles. The molecule has 3 nitrogen and oxygen atoms in total. The van der Waals surface area contributed by atoms with Crippen LogP contribution in [0.2, 0.25) is 0 Å². The second-order valence-corrected chi connectivity index (χ2v) is 6.07. The number of hydrogen-bond donors (Lipinski definition) is 1. The van der Waals surface area contributed by atoms with Crippen LogP contribution < -0.4 is 10.1 Å². The SMILES string of the molecule is CC(C)Oc1ccc(CCCNC(=O)Cc2ccc(F)cc2)cc1. The molecule has 1 N–H and O–H groups in total. The zero-order valence-corrected chi connectivity index (χ0v) is 14.2. The molecule has 0 bridgehead atoms. The number of carbonyl (C=O) groups is 1. The molecular formula is C20H24FNO2. The van der Waals surface area contributed by atoms with E-state index in [1.807, 2.05) is 26.0 Å². The van der Waals surface area contributed by atoms with E-state index in [-0.39, 0.29) is 24.2 Å². The molecule has 0 saturated carbocycles. The maximum Gasteiger partial charge on any atom is 0.224 e. The summed E-state index contributed by atoms with van der Waals surface area (Å²) in [5.41, 5.74) is 2.04. The molecular weight excluding hydrogens is 305 g/mol. The van der Waals surface area contributed by atoms with E-state index in [1.54, 1.807) is 12.1 Å². The van der Waals surface area contributed by atoms with Crippen LogP contribution in [0.1, 0.15) is 31.4 Å². The number of benzene rings is 2. The van der Waals surface area contributed by atoms with E-state index in [9.17, 15) is 9.18 Å². The molecule has 0 fully saturated rings. The van der Waals surface area contributed by atoms with E-state index >= 15 is 0 Å². The lowest BCUT2D eigenvalue weighted by atomic mass is 10.1. The molecule has 0 aliphatic rings. The van der Waals surface area contributed by atoms with Gasteiger partial charge in [-0.25, -0.2) is 4.39 Å². The highest BCUT2D eigenvalue weighted by molar-refractivity contribution is 5.78. The molecule has 1 amide bonds. The van der Waals surface area contributed by atoms with Gasteiger partial charge in [0, 0.05) is 6.54 Å². The van der Waals surface area contributed by atoms with Crippen molar-refractivity contribution in [2.45, 2.75) is 39.2 Å². The smallest absolute Gasteiger partial charge is 0.224 e. The van der Waals surface area contributed by atoms with Crippen molar-refractivity contribution < 1.29 is 13.9 Å². The summed E-state index contributed by atoms with van der Waals surface area (Å²) in [7, 11) is 0. The Morgan fingerprint density at radius 3 is 2.29 bits per heavy atom. The fourth-order valence-electron chi connectivity index (χ4n) is 2.38. The number of aryl methyl sites for hydroxylation is 1. The molecule has 0 saturated heterocycles. The fourth-order valence-corrected chi connectivity index (χ4v) is 2.38. The van der Waals surface area contributed by atoms with E-state index < -0.39 is 0 Å². The standard InChI is InChI=1S/C20H24FNO2/c1-15(2)24-19-11-7-16(8-12-19)4-3-13-22-20(23)14-17-5-9-18(21)10-6-17/h5-12,15H,3-4,13-14H2,1-2H3,(H,22,23). The van der Waals surface area contributed by atoms with Crippen LogP contribution in [0.3, 0.4) is 0 Å². The number of halogens is 1. The fraction of sp³-hybridized carbons (Fsp3) is 0.350. The molecule has 0 aliphatic carbocycles. The highest BCUT2D eigenvalue weighted by Gasteiger charge is 2.03. The zero-order valence-electron chi connectivity index (χ0n) is 14.2. The van der Waals surface area contributed by atoms with Gasteiger partial charge in [-0.2, -0.15) is 0 Å². The summed E-state index contributed by atoms with van der Waals surface area (Å²) in [6, 6.07) is 14.1. The Morgan fingerprint density at radius 1 is 1.04 bits per heavy atom. The highest BCUT2D eigenvalue weighted by atomic mass is 19.1. The van der Waals surface area contributed by atoms with Gasteiger partial charge in [-0.15, -0.1) is 0 Å². The first-order chi connectivity index (χ1) is 11.5. The monoisotopic (exact) mass is 329 g/mol. The van der Waals surface area contributed by atoms with Gasteiger partial charge in [0.2, 0.25) is 5.91 Å². The predicted octanol–water partition coefficient (Wildman–Crippen LogP) is 3.90. The number of rotatable bonds is 8. The van der Waals surface area contributed by atoms with Crippen molar-refractivity contribution in [2.75, 3.05) is 6.54 Å². The van der Waals surface area contributed by atoms with Crippen LogP contribution in [0.4, 0.5) is 4.39 Å². The van der Waals surface area contributed by atoms with Gasteiger partial charge in [-0.05, 0) is 62.1 Å². The summed E-state index contributed by atoms with van der Waals surface area (Å²) in [6.07, 6.45) is 2.23. The van der Waals surface area contributed by atoms with Crippen LogP contribution in [0, 0.1) is 5.82 Å². The van der Waals surface area contributed by atoms with Gasteiger partial charge in [0.05, 0.1) is 12.5 Å². The number of carbonyl (C=O) groups excluding carboxylic acids is 1. The molecule has 4 heteroatoms. The third kappa shape index (κ3) is 6.41. The zero-order chi connectivity index (χ0) is 17.4. The summed E-state index contributed by atoms with van der Waals surface area (Å²) in [6.45, 7) is 4.63. The lowest BCUT2D eigenvalue weighted by Crippen LogP contribution is -2.26. The van der Waals surface area contributed by atoms with E-state index in [1.165, 1.54) is 17.7 Å². The van der Waals surface area contributed by atoms with Gasteiger partial charge < -0.3 is 10.1 Å². The van der Waals surface area contributed by atoms with Crippen LogP contribution in [0.15, 0.2) is 48.5 Å². The first-order valence-corrected chi connectivity index (χ1v) is 8.29. The molecule has 0 spiro atoms. The van der Waals surface area contributed by atoms with Crippen molar-refractivity contribution in [3.05, 3.63) is 65.5 Å². The number of ether oxygens (including phenoxy) is 1. The predicted molar refractivity (Wildman–Crippen MR) is 93.6 cm³/mol. The lowest BCUT2D eigenvalue weighted by molar-refractivity contribution is -0.120. The van der Waals surface area contributed by atoms with Gasteiger partial charge in [0.1, 0.15) is 11.6 Å². The molecule has 0 radical (unpaired) electrons. The average molecular weight is 329 g/mol. The molecule has 0 aliphatic heterocycles. The topological polar surface area (TPSA) is 38.3 Å². The Morgan fingerprint density at radius 2 is 1.67 bits per heavy atom. The van der Waals surface area contributed by atoms with E-state index in [4.69, 9.17) is 4.74 Å². The van der Waals surface area contributed by atoms with Crippen LogP contribution in [-0.2, 0) is 17.6 Å². The second-order valence-electron chi connectivity index (χ2n) is 6.07. The largest absolute Gasteiger partial charge is 0.491 e. The van der Waals surface area contributed by atoms with E-state index in [0.29, 0.717) is 6.54 Å². The Bertz CT molecular complexity index is 636. The Kier molecular flexibility index (Phi) is 6.79. The molecule has 2 aromatic carbocycles. The van der Waals surface area contributed by atoms with Gasteiger partial charge in [0.25, 0.3) is 0 Å². The molecule has 128 valence electrons. The van der Waals surface area contributed by atoms with Crippen molar-refractivity contribution in [3.8, 4) is 5.75 Å². The van der Waals surface area contributed by atoms with Crippen LogP contribution in [0.5, 0.6) is 5.75 Å². The maximum atomic E-state index is 12.8. The minimum Gasteiger partial charge on any atom is -0.491 e. The molecule has 24 heavy (non-hydrogen) atoms. The van der Waals surface area contributed by atoms with Crippen molar-refractivity contribution in [3.63, 3.8) is 0 Å². The van der Waals surface area contributed by atoms with Crippen LogP contribution >= 0.6 is 0 Å².